The Labute approximate surface area is 366 Å². The number of benzene rings is 8. The number of aromatic nitrogens is 2. The van der Waals surface area contributed by atoms with E-state index in [4.69, 9.17) is 0 Å². The van der Waals surface area contributed by atoms with Gasteiger partial charge in [-0.25, -0.2) is 0 Å². The topological polar surface area (TPSA) is 9.86 Å². The first-order valence-corrected chi connectivity index (χ1v) is 20.1. The van der Waals surface area contributed by atoms with Crippen LogP contribution in [0.5, 0.6) is 0 Å². The van der Waals surface area contributed by atoms with Crippen molar-refractivity contribution in [1.82, 2.24) is 9.13 Å². The molecule has 0 fully saturated rings. The maximum atomic E-state index is 14.1. The van der Waals surface area contributed by atoms with Crippen molar-refractivity contribution < 1.29 is 52.7 Å². The van der Waals surface area contributed by atoms with Gasteiger partial charge in [0.2, 0.25) is 0 Å². The minimum atomic E-state index is -5.06. The van der Waals surface area contributed by atoms with Crippen LogP contribution in [0.2, 0.25) is 0 Å². The number of para-hydroxylation sites is 2. The lowest BCUT2D eigenvalue weighted by molar-refractivity contribution is -0.143. The van der Waals surface area contributed by atoms with Crippen LogP contribution < -0.4 is 0 Å². The third kappa shape index (κ3) is 7.30. The average molecular weight is 909 g/mol. The van der Waals surface area contributed by atoms with Crippen molar-refractivity contribution in [3.05, 3.63) is 192 Å². The largest absolute Gasteiger partial charge is 0.417 e. The molecule has 0 saturated heterocycles. The van der Waals surface area contributed by atoms with Crippen molar-refractivity contribution >= 4 is 43.6 Å². The van der Waals surface area contributed by atoms with Gasteiger partial charge >= 0.3 is 24.7 Å². The highest BCUT2D eigenvalue weighted by Gasteiger charge is 2.39. The Bertz CT molecular complexity index is 3510. The summed E-state index contributed by atoms with van der Waals surface area (Å²) in [7, 11) is 0. The van der Waals surface area contributed by atoms with E-state index in [9.17, 15) is 52.7 Å². The summed E-state index contributed by atoms with van der Waals surface area (Å²) >= 11 is 0. The van der Waals surface area contributed by atoms with Gasteiger partial charge in [-0.05, 0) is 112 Å². The Morgan fingerprint density at radius 3 is 1.12 bits per heavy atom. The van der Waals surface area contributed by atoms with Crippen LogP contribution in [0.4, 0.5) is 52.7 Å². The Morgan fingerprint density at radius 2 is 0.667 bits per heavy atom. The van der Waals surface area contributed by atoms with Crippen molar-refractivity contribution in [1.29, 1.82) is 0 Å². The number of fused-ring (bicyclic) bond motifs is 6. The molecule has 0 atom stereocenters. The molecule has 0 aliphatic heterocycles. The minimum absolute atomic E-state index is 0.0531. The summed E-state index contributed by atoms with van der Waals surface area (Å²) in [6.45, 7) is 0. The van der Waals surface area contributed by atoms with E-state index < -0.39 is 58.1 Å². The monoisotopic (exact) mass is 908 g/mol. The van der Waals surface area contributed by atoms with E-state index in [1.165, 1.54) is 24.3 Å². The molecule has 0 aliphatic carbocycles. The summed E-state index contributed by atoms with van der Waals surface area (Å²) in [5.74, 6) is 0. The summed E-state index contributed by atoms with van der Waals surface area (Å²) in [4.78, 5) is 0. The van der Waals surface area contributed by atoms with Crippen LogP contribution in [0.1, 0.15) is 22.3 Å². The number of halogens is 12. The third-order valence-electron chi connectivity index (χ3n) is 11.9. The Kier molecular flexibility index (Phi) is 9.68. The second-order valence-corrected chi connectivity index (χ2v) is 15.8. The van der Waals surface area contributed by atoms with Crippen molar-refractivity contribution in [2.75, 3.05) is 0 Å². The third-order valence-corrected chi connectivity index (χ3v) is 11.9. The van der Waals surface area contributed by atoms with E-state index in [-0.39, 0.29) is 17.2 Å². The smallest absolute Gasteiger partial charge is 0.309 e. The molecule has 2 heterocycles. The molecule has 8 aromatic carbocycles. The van der Waals surface area contributed by atoms with Crippen LogP contribution in [0.15, 0.2) is 170 Å². The van der Waals surface area contributed by atoms with E-state index >= 15 is 0 Å². The quantitative estimate of drug-likeness (QED) is 0.152. The average Bonchev–Trinajstić information content (AvgIpc) is 3.79. The second-order valence-electron chi connectivity index (χ2n) is 15.8. The normalized spacial score (nSPS) is 12.8. The maximum Gasteiger partial charge on any atom is 0.417 e. The number of hydrogen-bond donors (Lipinski definition) is 0. The molecule has 10 rings (SSSR count). The highest BCUT2D eigenvalue weighted by atomic mass is 19.4. The fourth-order valence-electron chi connectivity index (χ4n) is 8.85. The molecular formula is C52H28F12N2. The van der Waals surface area contributed by atoms with Crippen LogP contribution in [0.3, 0.4) is 0 Å². The first-order chi connectivity index (χ1) is 31.3. The van der Waals surface area contributed by atoms with Crippen molar-refractivity contribution in [3.8, 4) is 44.8 Å². The van der Waals surface area contributed by atoms with Gasteiger partial charge in [0.05, 0.1) is 44.3 Å². The number of hydrogen-bond acceptors (Lipinski definition) is 0. The predicted octanol–water partition coefficient (Wildman–Crippen LogP) is 17.0. The van der Waals surface area contributed by atoms with E-state index in [0.717, 1.165) is 60.8 Å². The summed E-state index contributed by atoms with van der Waals surface area (Å²) in [6.07, 6.45) is -19.8. The van der Waals surface area contributed by atoms with Crippen LogP contribution in [-0.4, -0.2) is 9.13 Å². The predicted molar refractivity (Wildman–Crippen MR) is 231 cm³/mol. The molecule has 0 N–H and O–H groups in total. The Balaban J connectivity index is 1.08. The fraction of sp³-hybridized carbons (Fsp3) is 0.0769. The van der Waals surface area contributed by atoms with Crippen LogP contribution >= 0.6 is 0 Å². The molecule has 0 unspecified atom stereocenters. The fourth-order valence-corrected chi connectivity index (χ4v) is 8.85. The van der Waals surface area contributed by atoms with Crippen molar-refractivity contribution in [3.63, 3.8) is 0 Å². The molecule has 10 aromatic rings. The van der Waals surface area contributed by atoms with Crippen LogP contribution in [0.25, 0.3) is 88.4 Å². The molecule has 0 radical (unpaired) electrons. The van der Waals surface area contributed by atoms with Crippen molar-refractivity contribution in [2.24, 2.45) is 0 Å². The Morgan fingerprint density at radius 1 is 0.273 bits per heavy atom. The molecule has 0 spiro atoms. The SMILES string of the molecule is FC(F)(F)c1ccc(C(F)(F)F)c(-c2ccc(-n3c4ccccc4c4ccc(-c5ccc6c7ccccc7n(-c7ccc(-c8ccc(C(F)(F)F)cc8C(F)(F)F)cc7)c6c5)cc43)cc2)c1. The van der Waals surface area contributed by atoms with Gasteiger partial charge in [-0.15, -0.1) is 0 Å². The van der Waals surface area contributed by atoms with E-state index in [2.05, 4.69) is 0 Å². The lowest BCUT2D eigenvalue weighted by atomic mass is 9.96. The van der Waals surface area contributed by atoms with Gasteiger partial charge in [-0.1, -0.05) is 91.0 Å². The molecule has 0 aliphatic rings. The molecule has 2 nitrogen and oxygen atoms in total. The second kappa shape index (κ2) is 15.0. The molecule has 330 valence electrons. The van der Waals surface area contributed by atoms with Crippen LogP contribution in [-0.2, 0) is 24.7 Å². The zero-order chi connectivity index (χ0) is 46.5. The molecule has 0 amide bonds. The van der Waals surface area contributed by atoms with Crippen molar-refractivity contribution in [2.45, 2.75) is 24.7 Å². The van der Waals surface area contributed by atoms with Gasteiger partial charge in [0.25, 0.3) is 0 Å². The van der Waals surface area contributed by atoms with Gasteiger partial charge in [0.15, 0.2) is 0 Å². The standard InChI is InChI=1S/C52H28F12N2/c53-49(54,55)33-16-24-43(51(59,60)61)42(27-33)30-11-19-36(20-12-30)66-46-8-4-2-6-39(46)41-22-14-32(26-48(41)66)31-13-21-40-38-5-1-3-7-45(38)65(47(40)25-31)35-17-9-29(10-18-35)37-23-15-34(50(56,57)58)28-44(37)52(62,63)64/h1-28H. The first-order valence-electron chi connectivity index (χ1n) is 20.1. The number of nitrogens with zero attached hydrogens (tertiary/aromatic N) is 2. The number of alkyl halides is 12. The molecular weight excluding hydrogens is 881 g/mol. The zero-order valence-corrected chi connectivity index (χ0v) is 33.6. The van der Waals surface area contributed by atoms with Gasteiger partial charge < -0.3 is 9.13 Å². The lowest BCUT2D eigenvalue weighted by Gasteiger charge is -2.17. The molecule has 0 saturated carbocycles. The number of rotatable bonds is 5. The lowest BCUT2D eigenvalue weighted by Crippen LogP contribution is -2.12. The summed E-state index contributed by atoms with van der Waals surface area (Å²) in [6, 6.07) is 41.7. The van der Waals surface area contributed by atoms with E-state index in [0.29, 0.717) is 35.6 Å². The summed E-state index contributed by atoms with van der Waals surface area (Å²) < 4.78 is 169. The van der Waals surface area contributed by atoms with Gasteiger partial charge in [0.1, 0.15) is 0 Å². The van der Waals surface area contributed by atoms with Gasteiger partial charge in [-0.3, -0.25) is 0 Å². The minimum Gasteiger partial charge on any atom is -0.309 e. The molecule has 66 heavy (non-hydrogen) atoms. The molecule has 2 aromatic heterocycles. The van der Waals surface area contributed by atoms with E-state index in [1.807, 2.05) is 94.1 Å². The highest BCUT2D eigenvalue weighted by Crippen LogP contribution is 2.44. The van der Waals surface area contributed by atoms with Gasteiger partial charge in [-0.2, -0.15) is 52.7 Å². The molecule has 14 heteroatoms. The summed E-state index contributed by atoms with van der Waals surface area (Å²) in [5.41, 5.74) is -0.505. The summed E-state index contributed by atoms with van der Waals surface area (Å²) in [5, 5.41) is 3.48. The van der Waals surface area contributed by atoms with Gasteiger partial charge in [0, 0.05) is 32.9 Å². The highest BCUT2D eigenvalue weighted by molar-refractivity contribution is 6.12. The van der Waals surface area contributed by atoms with Crippen LogP contribution in [0, 0.1) is 0 Å². The van der Waals surface area contributed by atoms with E-state index in [1.54, 1.807) is 24.3 Å². The molecule has 0 bridgehead atoms. The maximum absolute atomic E-state index is 14.1. The first kappa shape index (κ1) is 42.5. The zero-order valence-electron chi connectivity index (χ0n) is 33.6. The Hall–Kier alpha value is -7.48.